The summed E-state index contributed by atoms with van der Waals surface area (Å²) in [6.45, 7) is 1.66. The molecule has 1 amide bonds. The number of para-hydroxylation sites is 1. The van der Waals surface area contributed by atoms with E-state index in [1.54, 1.807) is 36.4 Å². The Hall–Kier alpha value is -2.53. The largest absolute Gasteiger partial charge is 0.507 e. The summed E-state index contributed by atoms with van der Waals surface area (Å²) in [6.07, 6.45) is 1.36. The normalized spacial score (nSPS) is 10.6. The minimum atomic E-state index is -0.428. The molecule has 5 nitrogen and oxygen atoms in total. The number of benzene rings is 2. The van der Waals surface area contributed by atoms with Crippen LogP contribution in [0.25, 0.3) is 0 Å². The van der Waals surface area contributed by atoms with Gasteiger partial charge in [0.25, 0.3) is 5.91 Å². The lowest BCUT2D eigenvalue weighted by atomic mass is 10.1. The molecule has 0 heterocycles. The molecule has 0 aromatic heterocycles. The van der Waals surface area contributed by atoms with Crippen molar-refractivity contribution in [3.05, 3.63) is 58.6 Å². The van der Waals surface area contributed by atoms with Crippen molar-refractivity contribution < 1.29 is 14.6 Å². The molecule has 0 bridgehead atoms. The molecule has 0 unspecified atom stereocenters. The number of aromatic hydroxyl groups is 1. The highest BCUT2D eigenvalue weighted by Crippen LogP contribution is 2.22. The Kier molecular flexibility index (Phi) is 5.38. The molecule has 0 aliphatic carbocycles. The maximum Gasteiger partial charge on any atom is 0.277 e. The topological polar surface area (TPSA) is 70.9 Å². The number of hydrogen-bond acceptors (Lipinski definition) is 4. The van der Waals surface area contributed by atoms with Gasteiger partial charge in [-0.25, -0.2) is 5.43 Å². The number of halogens is 1. The van der Waals surface area contributed by atoms with Gasteiger partial charge in [0.15, 0.2) is 6.61 Å². The Morgan fingerprint density at radius 2 is 2.14 bits per heavy atom. The lowest BCUT2D eigenvalue weighted by Crippen LogP contribution is -2.24. The minimum Gasteiger partial charge on any atom is -0.507 e. The quantitative estimate of drug-likeness (QED) is 0.658. The molecule has 2 aromatic rings. The van der Waals surface area contributed by atoms with Gasteiger partial charge >= 0.3 is 0 Å². The zero-order valence-corrected chi connectivity index (χ0v) is 12.7. The molecule has 0 radical (unpaired) electrons. The average Bonchev–Trinajstić information content (AvgIpc) is 2.49. The molecule has 0 saturated carbocycles. The van der Waals surface area contributed by atoms with Crippen molar-refractivity contribution in [3.8, 4) is 11.5 Å². The van der Waals surface area contributed by atoms with E-state index in [1.807, 2.05) is 13.0 Å². The molecule has 22 heavy (non-hydrogen) atoms. The summed E-state index contributed by atoms with van der Waals surface area (Å²) in [4.78, 5) is 11.6. The Labute approximate surface area is 133 Å². The van der Waals surface area contributed by atoms with Crippen molar-refractivity contribution in [1.29, 1.82) is 0 Å². The number of ether oxygens (including phenoxy) is 1. The van der Waals surface area contributed by atoms with E-state index < -0.39 is 5.91 Å². The second-order valence-corrected chi connectivity index (χ2v) is 4.98. The Morgan fingerprint density at radius 3 is 2.86 bits per heavy atom. The number of nitrogens with zero attached hydrogens (tertiary/aromatic N) is 1. The summed E-state index contributed by atoms with van der Waals surface area (Å²) >= 11 is 5.91. The number of aryl methyl sites for hydroxylation is 1. The van der Waals surface area contributed by atoms with Gasteiger partial charge in [-0.15, -0.1) is 0 Å². The van der Waals surface area contributed by atoms with Crippen LogP contribution in [0.4, 0.5) is 0 Å². The molecule has 2 rings (SSSR count). The number of hydrazone groups is 1. The average molecular weight is 319 g/mol. The first-order valence-corrected chi connectivity index (χ1v) is 6.93. The van der Waals surface area contributed by atoms with Crippen LogP contribution in [0.2, 0.25) is 5.02 Å². The third-order valence-electron chi connectivity index (χ3n) is 2.77. The molecule has 0 atom stereocenters. The van der Waals surface area contributed by atoms with Crippen molar-refractivity contribution >= 4 is 23.7 Å². The van der Waals surface area contributed by atoms with Gasteiger partial charge in [-0.3, -0.25) is 4.79 Å². The fourth-order valence-corrected chi connectivity index (χ4v) is 1.86. The summed E-state index contributed by atoms with van der Waals surface area (Å²) in [5.41, 5.74) is 3.76. The molecule has 114 valence electrons. The summed E-state index contributed by atoms with van der Waals surface area (Å²) < 4.78 is 5.27. The molecule has 0 spiro atoms. The van der Waals surface area contributed by atoms with Crippen molar-refractivity contribution in [3.63, 3.8) is 0 Å². The minimum absolute atomic E-state index is 0.102. The van der Waals surface area contributed by atoms with Gasteiger partial charge in [-0.2, -0.15) is 5.10 Å². The predicted octanol–water partition coefficient (Wildman–Crippen LogP) is 2.88. The van der Waals surface area contributed by atoms with Crippen LogP contribution in [-0.4, -0.2) is 23.8 Å². The molecule has 0 aliphatic heterocycles. The Morgan fingerprint density at radius 1 is 1.36 bits per heavy atom. The number of amides is 1. The summed E-state index contributed by atoms with van der Waals surface area (Å²) in [6, 6.07) is 12.0. The van der Waals surface area contributed by atoms with E-state index in [9.17, 15) is 9.90 Å². The molecular formula is C16H15ClN2O3. The van der Waals surface area contributed by atoms with E-state index >= 15 is 0 Å². The van der Waals surface area contributed by atoms with Crippen LogP contribution in [-0.2, 0) is 4.79 Å². The van der Waals surface area contributed by atoms with Gasteiger partial charge in [0.2, 0.25) is 0 Å². The third kappa shape index (κ3) is 4.49. The Balaban J connectivity index is 1.85. The maximum absolute atomic E-state index is 11.6. The summed E-state index contributed by atoms with van der Waals surface area (Å²) in [5, 5.41) is 13.9. The Bertz CT molecular complexity index is 702. The predicted molar refractivity (Wildman–Crippen MR) is 85.5 cm³/mol. The molecule has 0 saturated heterocycles. The van der Waals surface area contributed by atoms with E-state index in [2.05, 4.69) is 10.5 Å². The third-order valence-corrected chi connectivity index (χ3v) is 3.09. The van der Waals surface area contributed by atoms with Crippen LogP contribution < -0.4 is 10.2 Å². The molecule has 2 aromatic carbocycles. The molecule has 6 heteroatoms. The van der Waals surface area contributed by atoms with Gasteiger partial charge in [0.1, 0.15) is 11.5 Å². The highest BCUT2D eigenvalue weighted by atomic mass is 35.5. The summed E-state index contributed by atoms with van der Waals surface area (Å²) in [5.74, 6) is 0.104. The van der Waals surface area contributed by atoms with Gasteiger partial charge in [0, 0.05) is 5.56 Å². The van der Waals surface area contributed by atoms with Gasteiger partial charge in [-0.05, 0) is 36.8 Å². The second kappa shape index (κ2) is 7.47. The number of phenols is 1. The zero-order valence-electron chi connectivity index (χ0n) is 11.9. The first kappa shape index (κ1) is 15.9. The smallest absolute Gasteiger partial charge is 0.277 e. The van der Waals surface area contributed by atoms with Crippen LogP contribution in [0.3, 0.4) is 0 Å². The van der Waals surface area contributed by atoms with E-state index in [0.717, 1.165) is 5.56 Å². The molecular weight excluding hydrogens is 304 g/mol. The highest BCUT2D eigenvalue weighted by molar-refractivity contribution is 6.32. The monoisotopic (exact) mass is 318 g/mol. The molecule has 2 N–H and O–H groups in total. The molecule has 0 fully saturated rings. The maximum atomic E-state index is 11.6. The number of rotatable bonds is 5. The van der Waals surface area contributed by atoms with E-state index in [1.165, 1.54) is 6.21 Å². The number of carbonyl (C=O) groups excluding carboxylic acids is 1. The lowest BCUT2D eigenvalue weighted by Gasteiger charge is -2.06. The van der Waals surface area contributed by atoms with Gasteiger partial charge < -0.3 is 9.84 Å². The van der Waals surface area contributed by atoms with Crippen LogP contribution >= 0.6 is 11.6 Å². The summed E-state index contributed by atoms with van der Waals surface area (Å²) in [7, 11) is 0. The highest BCUT2D eigenvalue weighted by Gasteiger charge is 2.04. The lowest BCUT2D eigenvalue weighted by molar-refractivity contribution is -0.123. The zero-order chi connectivity index (χ0) is 15.9. The van der Waals surface area contributed by atoms with Crippen LogP contribution in [0.5, 0.6) is 11.5 Å². The van der Waals surface area contributed by atoms with E-state index in [-0.39, 0.29) is 12.4 Å². The van der Waals surface area contributed by atoms with Crippen molar-refractivity contribution in [2.45, 2.75) is 6.92 Å². The standard InChI is InChI=1S/C16H15ClN2O3/c1-11-6-7-12(14(20)8-11)9-18-19-16(21)10-22-15-5-3-2-4-13(15)17/h2-9,20H,10H2,1H3,(H,19,21)/b18-9-. The fraction of sp³-hybridized carbons (Fsp3) is 0.125. The van der Waals surface area contributed by atoms with Crippen LogP contribution in [0, 0.1) is 6.92 Å². The molecule has 0 aliphatic rings. The van der Waals surface area contributed by atoms with Crippen molar-refractivity contribution in [1.82, 2.24) is 5.43 Å². The second-order valence-electron chi connectivity index (χ2n) is 4.57. The van der Waals surface area contributed by atoms with Gasteiger partial charge in [-0.1, -0.05) is 29.8 Å². The fourth-order valence-electron chi connectivity index (χ4n) is 1.67. The van der Waals surface area contributed by atoms with Gasteiger partial charge in [0.05, 0.1) is 11.2 Å². The van der Waals surface area contributed by atoms with Crippen LogP contribution in [0.1, 0.15) is 11.1 Å². The van der Waals surface area contributed by atoms with Crippen LogP contribution in [0.15, 0.2) is 47.6 Å². The number of hydrogen-bond donors (Lipinski definition) is 2. The first-order chi connectivity index (χ1) is 10.6. The van der Waals surface area contributed by atoms with E-state index in [4.69, 9.17) is 16.3 Å². The van der Waals surface area contributed by atoms with Crippen molar-refractivity contribution in [2.24, 2.45) is 5.10 Å². The van der Waals surface area contributed by atoms with Crippen molar-refractivity contribution in [2.75, 3.05) is 6.61 Å². The van der Waals surface area contributed by atoms with E-state index in [0.29, 0.717) is 16.3 Å². The number of carbonyl (C=O) groups is 1. The SMILES string of the molecule is Cc1ccc(/C=N\NC(=O)COc2ccccc2Cl)c(O)c1. The number of phenolic OH excluding ortho intramolecular Hbond substituents is 1. The first-order valence-electron chi connectivity index (χ1n) is 6.55. The number of nitrogens with one attached hydrogen (secondary N) is 1.